The molecular weight excluding hydrogens is 228 g/mol. The number of fused-ring (bicyclic) bond motifs is 1. The lowest BCUT2D eigenvalue weighted by Gasteiger charge is -2.07. The second kappa shape index (κ2) is 6.02. The number of hydrogen-bond acceptors (Lipinski definition) is 3. The summed E-state index contributed by atoms with van der Waals surface area (Å²) in [5, 5.41) is 2.34. The van der Waals surface area contributed by atoms with Crippen molar-refractivity contribution in [3.63, 3.8) is 0 Å². The third-order valence-corrected chi connectivity index (χ3v) is 2.70. The molecule has 0 aliphatic carbocycles. The van der Waals surface area contributed by atoms with E-state index >= 15 is 0 Å². The van der Waals surface area contributed by atoms with E-state index in [1.807, 2.05) is 36.4 Å². The van der Waals surface area contributed by atoms with Crippen molar-refractivity contribution in [2.75, 3.05) is 6.61 Å². The molecule has 2 aromatic rings. The molecular formula is C14H16N2O2. The number of rotatable bonds is 5. The van der Waals surface area contributed by atoms with E-state index in [9.17, 15) is 4.79 Å². The van der Waals surface area contributed by atoms with E-state index in [1.165, 1.54) is 5.39 Å². The van der Waals surface area contributed by atoms with Crippen molar-refractivity contribution in [2.24, 2.45) is 5.84 Å². The Morgan fingerprint density at radius 3 is 2.72 bits per heavy atom. The maximum absolute atomic E-state index is 10.9. The van der Waals surface area contributed by atoms with Crippen LogP contribution in [0.25, 0.3) is 10.8 Å². The molecule has 0 spiro atoms. The Morgan fingerprint density at radius 1 is 1.17 bits per heavy atom. The summed E-state index contributed by atoms with van der Waals surface area (Å²) < 4.78 is 5.59. The molecule has 0 heterocycles. The molecule has 0 saturated carbocycles. The molecule has 2 aromatic carbocycles. The van der Waals surface area contributed by atoms with Crippen LogP contribution >= 0.6 is 0 Å². The van der Waals surface area contributed by atoms with Crippen LogP contribution in [0, 0.1) is 0 Å². The molecule has 0 bridgehead atoms. The van der Waals surface area contributed by atoms with Crippen LogP contribution in [0.5, 0.6) is 5.75 Å². The summed E-state index contributed by atoms with van der Waals surface area (Å²) in [6.07, 6.45) is 1.03. The maximum atomic E-state index is 10.9. The first-order chi connectivity index (χ1) is 8.79. The van der Waals surface area contributed by atoms with Crippen molar-refractivity contribution < 1.29 is 9.53 Å². The highest BCUT2D eigenvalue weighted by molar-refractivity contribution is 5.83. The molecule has 2 rings (SSSR count). The molecule has 0 radical (unpaired) electrons. The van der Waals surface area contributed by atoms with E-state index in [0.29, 0.717) is 19.4 Å². The molecule has 94 valence electrons. The third kappa shape index (κ3) is 3.21. The predicted octanol–water partition coefficient (Wildman–Crippen LogP) is 1.99. The number of carbonyl (C=O) groups excluding carboxylic acids is 1. The summed E-state index contributed by atoms with van der Waals surface area (Å²) in [4.78, 5) is 10.9. The number of hydrogen-bond donors (Lipinski definition) is 2. The summed E-state index contributed by atoms with van der Waals surface area (Å²) in [5.74, 6) is 5.64. The van der Waals surface area contributed by atoms with Gasteiger partial charge in [0.25, 0.3) is 0 Å². The summed E-state index contributed by atoms with van der Waals surface area (Å²) in [6.45, 7) is 0.506. The lowest BCUT2D eigenvalue weighted by molar-refractivity contribution is -0.121. The van der Waals surface area contributed by atoms with E-state index in [0.717, 1.165) is 11.1 Å². The molecule has 1 amide bonds. The first-order valence-electron chi connectivity index (χ1n) is 5.90. The molecule has 0 atom stereocenters. The van der Waals surface area contributed by atoms with Gasteiger partial charge in [0.15, 0.2) is 0 Å². The minimum Gasteiger partial charge on any atom is -0.494 e. The Balaban J connectivity index is 1.90. The van der Waals surface area contributed by atoms with Gasteiger partial charge in [-0.1, -0.05) is 30.3 Å². The number of nitrogens with one attached hydrogen (secondary N) is 1. The van der Waals surface area contributed by atoms with Crippen LogP contribution in [0.15, 0.2) is 42.5 Å². The normalized spacial score (nSPS) is 10.3. The van der Waals surface area contributed by atoms with Crippen molar-refractivity contribution in [1.82, 2.24) is 5.43 Å². The monoisotopic (exact) mass is 244 g/mol. The average Bonchev–Trinajstić information content (AvgIpc) is 2.43. The standard InChI is InChI=1S/C14H16N2O2/c15-16-14(17)6-3-9-18-13-8-7-11-4-1-2-5-12(11)10-13/h1-2,4-5,7-8,10H,3,6,9,15H2,(H,16,17). The van der Waals surface area contributed by atoms with Crippen LogP contribution in [0.2, 0.25) is 0 Å². The lowest BCUT2D eigenvalue weighted by Crippen LogP contribution is -2.29. The van der Waals surface area contributed by atoms with E-state index in [-0.39, 0.29) is 5.91 Å². The van der Waals surface area contributed by atoms with Crippen molar-refractivity contribution in [1.29, 1.82) is 0 Å². The van der Waals surface area contributed by atoms with E-state index in [4.69, 9.17) is 10.6 Å². The van der Waals surface area contributed by atoms with Crippen molar-refractivity contribution >= 4 is 16.7 Å². The summed E-state index contributed by atoms with van der Waals surface area (Å²) >= 11 is 0. The van der Waals surface area contributed by atoms with Gasteiger partial charge in [0.1, 0.15) is 5.75 Å². The number of ether oxygens (including phenoxy) is 1. The smallest absolute Gasteiger partial charge is 0.234 e. The maximum Gasteiger partial charge on any atom is 0.234 e. The Labute approximate surface area is 106 Å². The number of benzene rings is 2. The van der Waals surface area contributed by atoms with Crippen LogP contribution in [-0.2, 0) is 4.79 Å². The van der Waals surface area contributed by atoms with Crippen molar-refractivity contribution in [2.45, 2.75) is 12.8 Å². The molecule has 18 heavy (non-hydrogen) atoms. The second-order valence-corrected chi connectivity index (χ2v) is 4.03. The van der Waals surface area contributed by atoms with Gasteiger partial charge >= 0.3 is 0 Å². The fourth-order valence-electron chi connectivity index (χ4n) is 1.75. The molecule has 4 nitrogen and oxygen atoms in total. The fraction of sp³-hybridized carbons (Fsp3) is 0.214. The van der Waals surface area contributed by atoms with Gasteiger partial charge in [-0.3, -0.25) is 10.2 Å². The third-order valence-electron chi connectivity index (χ3n) is 2.70. The molecule has 0 aliphatic rings. The Hall–Kier alpha value is -2.07. The van der Waals surface area contributed by atoms with Gasteiger partial charge in [-0.15, -0.1) is 0 Å². The van der Waals surface area contributed by atoms with Crippen LogP contribution in [0.4, 0.5) is 0 Å². The zero-order valence-corrected chi connectivity index (χ0v) is 10.1. The van der Waals surface area contributed by atoms with Crippen LogP contribution in [0.1, 0.15) is 12.8 Å². The molecule has 0 saturated heterocycles. The van der Waals surface area contributed by atoms with Crippen LogP contribution in [0.3, 0.4) is 0 Å². The van der Waals surface area contributed by atoms with Gasteiger partial charge in [0.05, 0.1) is 6.61 Å². The first kappa shape index (κ1) is 12.4. The predicted molar refractivity (Wildman–Crippen MR) is 71.0 cm³/mol. The number of nitrogens with two attached hydrogens (primary N) is 1. The number of hydrazine groups is 1. The highest BCUT2D eigenvalue weighted by Crippen LogP contribution is 2.20. The lowest BCUT2D eigenvalue weighted by atomic mass is 10.1. The molecule has 3 N–H and O–H groups in total. The zero-order valence-electron chi connectivity index (χ0n) is 10.1. The van der Waals surface area contributed by atoms with E-state index < -0.39 is 0 Å². The second-order valence-electron chi connectivity index (χ2n) is 4.03. The first-order valence-corrected chi connectivity index (χ1v) is 5.90. The minimum absolute atomic E-state index is 0.169. The largest absolute Gasteiger partial charge is 0.494 e. The van der Waals surface area contributed by atoms with Gasteiger partial charge in [-0.25, -0.2) is 5.84 Å². The van der Waals surface area contributed by atoms with Gasteiger partial charge < -0.3 is 4.74 Å². The number of carbonyl (C=O) groups is 1. The molecule has 4 heteroatoms. The molecule has 0 fully saturated rings. The molecule has 0 aliphatic heterocycles. The Kier molecular flexibility index (Phi) is 4.15. The Morgan fingerprint density at radius 2 is 1.94 bits per heavy atom. The van der Waals surface area contributed by atoms with Crippen molar-refractivity contribution in [3.8, 4) is 5.75 Å². The number of amides is 1. The highest BCUT2D eigenvalue weighted by Gasteiger charge is 2.00. The van der Waals surface area contributed by atoms with Gasteiger partial charge in [-0.2, -0.15) is 0 Å². The van der Waals surface area contributed by atoms with Crippen LogP contribution < -0.4 is 16.0 Å². The molecule has 0 unspecified atom stereocenters. The van der Waals surface area contributed by atoms with E-state index in [1.54, 1.807) is 0 Å². The quantitative estimate of drug-likeness (QED) is 0.366. The SMILES string of the molecule is NNC(=O)CCCOc1ccc2ccccc2c1. The van der Waals surface area contributed by atoms with Gasteiger partial charge in [-0.05, 0) is 29.3 Å². The van der Waals surface area contributed by atoms with E-state index in [2.05, 4.69) is 11.5 Å². The fourth-order valence-corrected chi connectivity index (χ4v) is 1.75. The van der Waals surface area contributed by atoms with Crippen molar-refractivity contribution in [3.05, 3.63) is 42.5 Å². The van der Waals surface area contributed by atoms with Gasteiger partial charge in [0, 0.05) is 6.42 Å². The minimum atomic E-state index is -0.169. The molecule has 0 aromatic heterocycles. The topological polar surface area (TPSA) is 64.3 Å². The summed E-state index contributed by atoms with van der Waals surface area (Å²) in [7, 11) is 0. The average molecular weight is 244 g/mol. The van der Waals surface area contributed by atoms with Gasteiger partial charge in [0.2, 0.25) is 5.91 Å². The summed E-state index contributed by atoms with van der Waals surface area (Å²) in [6, 6.07) is 14.1. The zero-order chi connectivity index (χ0) is 12.8. The Bertz CT molecular complexity index is 540. The highest BCUT2D eigenvalue weighted by atomic mass is 16.5. The van der Waals surface area contributed by atoms with Crippen LogP contribution in [-0.4, -0.2) is 12.5 Å². The summed E-state index contributed by atoms with van der Waals surface area (Å²) in [5.41, 5.74) is 2.09.